The van der Waals surface area contributed by atoms with Crippen LogP contribution in [0.5, 0.6) is 11.5 Å². The summed E-state index contributed by atoms with van der Waals surface area (Å²) in [5.74, 6) is 0.978. The second-order valence-electron chi connectivity index (χ2n) is 6.36. The molecule has 1 aliphatic heterocycles. The van der Waals surface area contributed by atoms with Gasteiger partial charge in [-0.2, -0.15) is 0 Å². The van der Waals surface area contributed by atoms with E-state index in [2.05, 4.69) is 22.2 Å². The summed E-state index contributed by atoms with van der Waals surface area (Å²) in [6, 6.07) is 21.9. The molecule has 0 aromatic heterocycles. The first-order chi connectivity index (χ1) is 13.6. The van der Waals surface area contributed by atoms with Crippen molar-refractivity contribution in [3.05, 3.63) is 78.4 Å². The van der Waals surface area contributed by atoms with Crippen molar-refractivity contribution >= 4 is 21.4 Å². The quantitative estimate of drug-likeness (QED) is 0.634. The van der Waals surface area contributed by atoms with Gasteiger partial charge < -0.3 is 14.8 Å². The molecule has 3 aromatic rings. The predicted octanol–water partition coefficient (Wildman–Crippen LogP) is 3.87. The summed E-state index contributed by atoms with van der Waals surface area (Å²) in [5.41, 5.74) is 2.69. The third-order valence-electron chi connectivity index (χ3n) is 4.38. The molecule has 7 heteroatoms. The highest BCUT2D eigenvalue weighted by Gasteiger charge is 2.20. The topological polar surface area (TPSA) is 76.7 Å². The molecule has 0 aliphatic carbocycles. The Morgan fingerprint density at radius 1 is 0.821 bits per heavy atom. The van der Waals surface area contributed by atoms with Gasteiger partial charge in [-0.05, 0) is 48.4 Å². The molecule has 144 valence electrons. The zero-order valence-electron chi connectivity index (χ0n) is 15.1. The molecular formula is C21H20N2O4S. The number of hydrogen-bond acceptors (Lipinski definition) is 5. The molecule has 28 heavy (non-hydrogen) atoms. The first-order valence-corrected chi connectivity index (χ1v) is 10.4. The fourth-order valence-electron chi connectivity index (χ4n) is 2.91. The summed E-state index contributed by atoms with van der Waals surface area (Å²) in [6.45, 7) is 0.900. The molecule has 1 heterocycles. The van der Waals surface area contributed by atoms with Gasteiger partial charge in [0.15, 0.2) is 11.5 Å². The van der Waals surface area contributed by atoms with E-state index in [1.165, 1.54) is 17.7 Å². The minimum absolute atomic E-state index is 0.102. The smallest absolute Gasteiger partial charge is 0.262 e. The van der Waals surface area contributed by atoms with Gasteiger partial charge in [-0.15, -0.1) is 0 Å². The number of benzene rings is 3. The highest BCUT2D eigenvalue weighted by atomic mass is 32.2. The molecule has 0 unspecified atom stereocenters. The highest BCUT2D eigenvalue weighted by molar-refractivity contribution is 7.92. The Bertz CT molecular complexity index is 1050. The molecule has 4 rings (SSSR count). The molecule has 0 saturated heterocycles. The minimum atomic E-state index is -3.71. The number of fused-ring (bicyclic) bond motifs is 1. The molecule has 6 nitrogen and oxygen atoms in total. The Balaban J connectivity index is 1.37. The third kappa shape index (κ3) is 4.20. The average Bonchev–Trinajstić information content (AvgIpc) is 3.18. The third-order valence-corrected chi connectivity index (χ3v) is 5.76. The van der Waals surface area contributed by atoms with E-state index >= 15 is 0 Å². The first kappa shape index (κ1) is 18.2. The van der Waals surface area contributed by atoms with E-state index in [1.54, 1.807) is 18.2 Å². The van der Waals surface area contributed by atoms with Crippen molar-refractivity contribution in [2.75, 3.05) is 23.4 Å². The van der Waals surface area contributed by atoms with Crippen LogP contribution in [0.3, 0.4) is 0 Å². The molecule has 0 amide bonds. The van der Waals surface area contributed by atoms with Crippen molar-refractivity contribution in [2.24, 2.45) is 0 Å². The van der Waals surface area contributed by atoms with E-state index in [1.807, 2.05) is 30.3 Å². The summed E-state index contributed by atoms with van der Waals surface area (Å²) in [7, 11) is -3.71. The first-order valence-electron chi connectivity index (χ1n) is 8.90. The fourth-order valence-corrected chi connectivity index (χ4v) is 3.98. The van der Waals surface area contributed by atoms with Crippen molar-refractivity contribution in [3.8, 4) is 11.5 Å². The monoisotopic (exact) mass is 396 g/mol. The Hall–Kier alpha value is -3.19. The van der Waals surface area contributed by atoms with E-state index in [9.17, 15) is 8.42 Å². The summed E-state index contributed by atoms with van der Waals surface area (Å²) >= 11 is 0. The Labute approximate surface area is 164 Å². The van der Waals surface area contributed by atoms with Crippen molar-refractivity contribution in [1.82, 2.24) is 0 Å². The zero-order valence-corrected chi connectivity index (χ0v) is 15.9. The predicted molar refractivity (Wildman–Crippen MR) is 108 cm³/mol. The number of rotatable bonds is 7. The SMILES string of the molecule is O=S(=O)(Nc1ccc(NCCc2ccccc2)cc1)c1ccc2c(c1)OCO2. The standard InChI is InChI=1S/C21H20N2O4S/c24-28(25,19-10-11-20-21(14-19)27-15-26-20)23-18-8-6-17(7-9-18)22-13-12-16-4-2-1-3-5-16/h1-11,14,22-23H,12-13,15H2. The van der Waals surface area contributed by atoms with Crippen LogP contribution < -0.4 is 19.5 Å². The van der Waals surface area contributed by atoms with Gasteiger partial charge in [0.2, 0.25) is 6.79 Å². The normalized spacial score (nSPS) is 12.6. The van der Waals surface area contributed by atoms with Gasteiger partial charge in [0, 0.05) is 24.0 Å². The Morgan fingerprint density at radius 2 is 1.54 bits per heavy atom. The number of nitrogens with one attached hydrogen (secondary N) is 2. The number of ether oxygens (including phenoxy) is 2. The summed E-state index contributed by atoms with van der Waals surface area (Å²) in [6.07, 6.45) is 0.916. The van der Waals surface area contributed by atoms with Gasteiger partial charge in [-0.25, -0.2) is 8.42 Å². The Morgan fingerprint density at radius 3 is 2.32 bits per heavy atom. The Kier molecular flexibility index (Phi) is 5.08. The van der Waals surface area contributed by atoms with Crippen LogP contribution in [0.25, 0.3) is 0 Å². The molecule has 3 aromatic carbocycles. The van der Waals surface area contributed by atoms with Gasteiger partial charge in [0.25, 0.3) is 10.0 Å². The van der Waals surface area contributed by atoms with Crippen LogP contribution >= 0.6 is 0 Å². The van der Waals surface area contributed by atoms with E-state index < -0.39 is 10.0 Å². The van der Waals surface area contributed by atoms with Crippen molar-refractivity contribution in [2.45, 2.75) is 11.3 Å². The number of hydrogen-bond donors (Lipinski definition) is 2. The lowest BCUT2D eigenvalue weighted by molar-refractivity contribution is 0.174. The van der Waals surface area contributed by atoms with Crippen LogP contribution in [-0.4, -0.2) is 21.8 Å². The molecule has 0 saturated carbocycles. The van der Waals surface area contributed by atoms with E-state index in [4.69, 9.17) is 9.47 Å². The molecular weight excluding hydrogens is 376 g/mol. The number of sulfonamides is 1. The molecule has 0 atom stereocenters. The second-order valence-corrected chi connectivity index (χ2v) is 8.04. The average molecular weight is 396 g/mol. The molecule has 0 spiro atoms. The van der Waals surface area contributed by atoms with Gasteiger partial charge in [0.1, 0.15) is 0 Å². The zero-order chi connectivity index (χ0) is 19.4. The lowest BCUT2D eigenvalue weighted by atomic mass is 10.1. The summed E-state index contributed by atoms with van der Waals surface area (Å²) in [4.78, 5) is 0.127. The van der Waals surface area contributed by atoms with Crippen LogP contribution in [0.4, 0.5) is 11.4 Å². The van der Waals surface area contributed by atoms with Gasteiger partial charge >= 0.3 is 0 Å². The van der Waals surface area contributed by atoms with Crippen LogP contribution in [0.2, 0.25) is 0 Å². The van der Waals surface area contributed by atoms with Gasteiger partial charge in [-0.1, -0.05) is 30.3 Å². The van der Waals surface area contributed by atoms with Crippen LogP contribution in [0.1, 0.15) is 5.56 Å². The molecule has 2 N–H and O–H groups in total. The maximum Gasteiger partial charge on any atom is 0.262 e. The number of anilines is 2. The van der Waals surface area contributed by atoms with Gasteiger partial charge in [-0.3, -0.25) is 4.72 Å². The van der Waals surface area contributed by atoms with E-state index in [-0.39, 0.29) is 11.7 Å². The van der Waals surface area contributed by atoms with Crippen molar-refractivity contribution < 1.29 is 17.9 Å². The van der Waals surface area contributed by atoms with E-state index in [0.717, 1.165) is 18.7 Å². The second kappa shape index (κ2) is 7.82. The fraction of sp³-hybridized carbons (Fsp3) is 0.143. The molecule has 0 radical (unpaired) electrons. The van der Waals surface area contributed by atoms with Crippen LogP contribution in [0, 0.1) is 0 Å². The van der Waals surface area contributed by atoms with Crippen molar-refractivity contribution in [1.29, 1.82) is 0 Å². The van der Waals surface area contributed by atoms with Crippen LogP contribution in [0.15, 0.2) is 77.7 Å². The largest absolute Gasteiger partial charge is 0.454 e. The highest BCUT2D eigenvalue weighted by Crippen LogP contribution is 2.34. The minimum Gasteiger partial charge on any atom is -0.454 e. The van der Waals surface area contributed by atoms with Crippen LogP contribution in [-0.2, 0) is 16.4 Å². The molecule has 0 fully saturated rings. The summed E-state index contributed by atoms with van der Waals surface area (Å²) in [5, 5.41) is 3.34. The lowest BCUT2D eigenvalue weighted by Gasteiger charge is -2.10. The maximum atomic E-state index is 12.6. The molecule has 1 aliphatic rings. The van der Waals surface area contributed by atoms with Gasteiger partial charge in [0.05, 0.1) is 4.90 Å². The lowest BCUT2D eigenvalue weighted by Crippen LogP contribution is -2.13. The molecule has 0 bridgehead atoms. The van der Waals surface area contributed by atoms with Crippen molar-refractivity contribution in [3.63, 3.8) is 0 Å². The summed E-state index contributed by atoms with van der Waals surface area (Å²) < 4.78 is 38.2. The van der Waals surface area contributed by atoms with E-state index in [0.29, 0.717) is 17.2 Å². The maximum absolute atomic E-state index is 12.6.